The van der Waals surface area contributed by atoms with Crippen LogP contribution in [0.3, 0.4) is 0 Å². The molecule has 0 aromatic rings. The van der Waals surface area contributed by atoms with Gasteiger partial charge in [0.25, 0.3) is 0 Å². The number of hydrogen-bond acceptors (Lipinski definition) is 3. The first-order valence-electron chi connectivity index (χ1n) is 9.50. The second kappa shape index (κ2) is 5.31. The molecular weight excluding hydrogens is 288 g/mol. The third kappa shape index (κ3) is 2.12. The fourth-order valence-corrected chi connectivity index (χ4v) is 6.86. The molecular formula is C20H32O3. The minimum Gasteiger partial charge on any atom is -0.393 e. The molecule has 130 valence electrons. The summed E-state index contributed by atoms with van der Waals surface area (Å²) < 4.78 is 5.97. The average molecular weight is 320 g/mol. The van der Waals surface area contributed by atoms with Gasteiger partial charge in [0.1, 0.15) is 0 Å². The minimum atomic E-state index is -0.269. The van der Waals surface area contributed by atoms with E-state index in [1.54, 1.807) is 0 Å². The molecule has 0 bridgehead atoms. The van der Waals surface area contributed by atoms with Crippen LogP contribution in [0.1, 0.15) is 58.8 Å². The van der Waals surface area contributed by atoms with E-state index in [0.717, 1.165) is 38.5 Å². The van der Waals surface area contributed by atoms with Crippen LogP contribution in [0.15, 0.2) is 11.6 Å². The number of rotatable bonds is 1. The number of fused-ring (bicyclic) bond motifs is 5. The molecule has 3 saturated carbocycles. The summed E-state index contributed by atoms with van der Waals surface area (Å²) in [5.41, 5.74) is 1.75. The van der Waals surface area contributed by atoms with Crippen molar-refractivity contribution in [2.24, 2.45) is 28.6 Å². The molecule has 0 spiro atoms. The lowest BCUT2D eigenvalue weighted by molar-refractivity contribution is -0.131. The van der Waals surface area contributed by atoms with E-state index in [1.807, 2.05) is 7.11 Å². The summed E-state index contributed by atoms with van der Waals surface area (Å²) in [5, 5.41) is 20.7. The molecule has 0 aliphatic heterocycles. The van der Waals surface area contributed by atoms with E-state index < -0.39 is 0 Å². The molecule has 0 saturated heterocycles. The third-order valence-electron chi connectivity index (χ3n) is 8.34. The van der Waals surface area contributed by atoms with Crippen LogP contribution in [0.5, 0.6) is 0 Å². The Balaban J connectivity index is 1.74. The monoisotopic (exact) mass is 320 g/mol. The number of aliphatic hydroxyl groups excluding tert-OH is 2. The van der Waals surface area contributed by atoms with Gasteiger partial charge in [-0.15, -0.1) is 0 Å². The molecule has 0 heterocycles. The van der Waals surface area contributed by atoms with Gasteiger partial charge in [-0.3, -0.25) is 0 Å². The van der Waals surface area contributed by atoms with Gasteiger partial charge in [0.2, 0.25) is 0 Å². The predicted molar refractivity (Wildman–Crippen MR) is 89.9 cm³/mol. The summed E-state index contributed by atoms with van der Waals surface area (Å²) in [6.45, 7) is 4.75. The van der Waals surface area contributed by atoms with Crippen LogP contribution in [-0.2, 0) is 4.74 Å². The van der Waals surface area contributed by atoms with E-state index >= 15 is 0 Å². The van der Waals surface area contributed by atoms with Crippen LogP contribution in [0.4, 0.5) is 0 Å². The molecule has 4 aliphatic rings. The van der Waals surface area contributed by atoms with E-state index in [0.29, 0.717) is 17.8 Å². The first-order chi connectivity index (χ1) is 10.9. The first-order valence-corrected chi connectivity index (χ1v) is 9.50. The highest BCUT2D eigenvalue weighted by molar-refractivity contribution is 5.27. The Kier molecular flexibility index (Phi) is 3.72. The molecule has 0 aromatic carbocycles. The Labute approximate surface area is 140 Å². The van der Waals surface area contributed by atoms with Crippen molar-refractivity contribution in [2.45, 2.75) is 77.1 Å². The molecule has 3 fully saturated rings. The summed E-state index contributed by atoms with van der Waals surface area (Å²) in [4.78, 5) is 0. The highest BCUT2D eigenvalue weighted by Gasteiger charge is 2.61. The Hall–Kier alpha value is -0.380. The normalized spacial score (nSPS) is 55.6. The smallest absolute Gasteiger partial charge is 0.0724 e. The number of hydrogen-bond donors (Lipinski definition) is 2. The van der Waals surface area contributed by atoms with Crippen LogP contribution in [0, 0.1) is 28.6 Å². The molecule has 0 amide bonds. The van der Waals surface area contributed by atoms with Gasteiger partial charge in [0.15, 0.2) is 0 Å². The van der Waals surface area contributed by atoms with Crippen molar-refractivity contribution < 1.29 is 14.9 Å². The van der Waals surface area contributed by atoms with Crippen molar-refractivity contribution in [1.29, 1.82) is 0 Å². The van der Waals surface area contributed by atoms with E-state index in [4.69, 9.17) is 4.74 Å². The minimum absolute atomic E-state index is 0.0870. The number of methoxy groups -OCH3 is 1. The Morgan fingerprint density at radius 3 is 2.57 bits per heavy atom. The van der Waals surface area contributed by atoms with E-state index in [1.165, 1.54) is 12.0 Å². The summed E-state index contributed by atoms with van der Waals surface area (Å²) in [6, 6.07) is 0. The zero-order valence-electron chi connectivity index (χ0n) is 14.8. The van der Waals surface area contributed by atoms with Gasteiger partial charge in [-0.1, -0.05) is 25.5 Å². The van der Waals surface area contributed by atoms with Gasteiger partial charge in [-0.05, 0) is 73.5 Å². The maximum atomic E-state index is 10.6. The SMILES string of the molecule is CO[C@H]1CC2=C[C@@H](O)CC[C@]2(C)[C@H]2CC[C@]3(C)[C@@H](O)CC[C@H]3[C@H]12. The summed E-state index contributed by atoms with van der Waals surface area (Å²) >= 11 is 0. The second-order valence-electron chi connectivity index (χ2n) is 9.12. The summed E-state index contributed by atoms with van der Waals surface area (Å²) in [7, 11) is 1.85. The third-order valence-corrected chi connectivity index (χ3v) is 8.34. The lowest BCUT2D eigenvalue weighted by Crippen LogP contribution is -2.56. The predicted octanol–water partition coefficient (Wildman–Crippen LogP) is 3.30. The number of ether oxygens (including phenoxy) is 1. The molecule has 4 rings (SSSR count). The summed E-state index contributed by atoms with van der Waals surface area (Å²) in [5.74, 6) is 1.79. The number of aliphatic hydroxyl groups is 2. The molecule has 0 aromatic heterocycles. The molecule has 0 unspecified atom stereocenters. The van der Waals surface area contributed by atoms with Crippen molar-refractivity contribution in [2.75, 3.05) is 7.11 Å². The van der Waals surface area contributed by atoms with Crippen molar-refractivity contribution in [3.63, 3.8) is 0 Å². The van der Waals surface area contributed by atoms with E-state index in [9.17, 15) is 10.2 Å². The standard InChI is InChI=1S/C20H32O3/c1-19-8-6-13(21)10-12(19)11-16(23-3)18-14-4-5-17(22)20(14,2)9-7-15(18)19/h10,13-18,21-22H,4-9,11H2,1-3H3/t13-,14-,15-,16-,17-,18-,19-,20-/m0/s1. The van der Waals surface area contributed by atoms with Crippen LogP contribution in [-0.4, -0.2) is 35.6 Å². The quantitative estimate of drug-likeness (QED) is 0.729. The Morgan fingerprint density at radius 1 is 1.04 bits per heavy atom. The van der Waals surface area contributed by atoms with Crippen LogP contribution >= 0.6 is 0 Å². The second-order valence-corrected chi connectivity index (χ2v) is 9.12. The highest BCUT2D eigenvalue weighted by Crippen LogP contribution is 2.65. The molecule has 8 atom stereocenters. The molecule has 23 heavy (non-hydrogen) atoms. The van der Waals surface area contributed by atoms with Gasteiger partial charge in [0, 0.05) is 7.11 Å². The Bertz CT molecular complexity index is 515. The first kappa shape index (κ1) is 16.1. The lowest BCUT2D eigenvalue weighted by Gasteiger charge is -2.60. The molecule has 3 nitrogen and oxygen atoms in total. The fraction of sp³-hybridized carbons (Fsp3) is 0.900. The van der Waals surface area contributed by atoms with Crippen LogP contribution in [0.25, 0.3) is 0 Å². The Morgan fingerprint density at radius 2 is 1.83 bits per heavy atom. The van der Waals surface area contributed by atoms with Gasteiger partial charge in [-0.2, -0.15) is 0 Å². The zero-order chi connectivity index (χ0) is 16.4. The molecule has 4 aliphatic carbocycles. The topological polar surface area (TPSA) is 49.7 Å². The van der Waals surface area contributed by atoms with Gasteiger partial charge >= 0.3 is 0 Å². The lowest BCUT2D eigenvalue weighted by atomic mass is 9.46. The van der Waals surface area contributed by atoms with Gasteiger partial charge < -0.3 is 14.9 Å². The summed E-state index contributed by atoms with van der Waals surface area (Å²) in [6.07, 6.45) is 9.37. The molecule has 2 N–H and O–H groups in total. The van der Waals surface area contributed by atoms with E-state index in [-0.39, 0.29) is 29.1 Å². The van der Waals surface area contributed by atoms with Crippen molar-refractivity contribution in [1.82, 2.24) is 0 Å². The van der Waals surface area contributed by atoms with Gasteiger partial charge in [0.05, 0.1) is 18.3 Å². The maximum Gasteiger partial charge on any atom is 0.0724 e. The maximum absolute atomic E-state index is 10.6. The average Bonchev–Trinajstić information content (AvgIpc) is 2.83. The van der Waals surface area contributed by atoms with Gasteiger partial charge in [-0.25, -0.2) is 0 Å². The van der Waals surface area contributed by atoms with Crippen molar-refractivity contribution >= 4 is 0 Å². The highest BCUT2D eigenvalue weighted by atomic mass is 16.5. The van der Waals surface area contributed by atoms with Crippen molar-refractivity contribution in [3.8, 4) is 0 Å². The largest absolute Gasteiger partial charge is 0.393 e. The molecule has 3 heteroatoms. The van der Waals surface area contributed by atoms with E-state index in [2.05, 4.69) is 19.9 Å². The van der Waals surface area contributed by atoms with Crippen LogP contribution in [0.2, 0.25) is 0 Å². The van der Waals surface area contributed by atoms with Crippen LogP contribution < -0.4 is 0 Å². The molecule has 0 radical (unpaired) electrons. The zero-order valence-corrected chi connectivity index (χ0v) is 14.8. The van der Waals surface area contributed by atoms with Crippen molar-refractivity contribution in [3.05, 3.63) is 11.6 Å². The fourth-order valence-electron chi connectivity index (χ4n) is 6.86.